The second-order valence-electron chi connectivity index (χ2n) is 8.57. The van der Waals surface area contributed by atoms with E-state index in [1.807, 2.05) is 7.05 Å². The number of benzene rings is 1. The summed E-state index contributed by atoms with van der Waals surface area (Å²) in [4.78, 5) is 4.41. The van der Waals surface area contributed by atoms with Crippen molar-refractivity contribution < 1.29 is 9.47 Å². The zero-order valence-electron chi connectivity index (χ0n) is 17.1. The molecule has 6 heteroatoms. The average molecular weight is 499 g/mol. The van der Waals surface area contributed by atoms with Gasteiger partial charge in [0.05, 0.1) is 13.2 Å². The molecule has 1 saturated heterocycles. The lowest BCUT2D eigenvalue weighted by atomic mass is 10.0. The van der Waals surface area contributed by atoms with Gasteiger partial charge in [0.15, 0.2) is 5.96 Å². The zero-order chi connectivity index (χ0) is 18.7. The first kappa shape index (κ1) is 21.7. The number of rotatable bonds is 8. The second kappa shape index (κ2) is 9.65. The number of hydrogen-bond acceptors (Lipinski definition) is 3. The van der Waals surface area contributed by atoms with Gasteiger partial charge < -0.3 is 20.1 Å². The summed E-state index contributed by atoms with van der Waals surface area (Å²) >= 11 is 0. The Hall–Kier alpha value is -1.02. The largest absolute Gasteiger partial charge is 0.493 e. The van der Waals surface area contributed by atoms with Crippen LogP contribution in [0.5, 0.6) is 5.75 Å². The van der Waals surface area contributed by atoms with Gasteiger partial charge in [-0.2, -0.15) is 0 Å². The van der Waals surface area contributed by atoms with Gasteiger partial charge in [-0.05, 0) is 62.0 Å². The highest BCUT2D eigenvalue weighted by Crippen LogP contribution is 2.60. The maximum Gasteiger partial charge on any atom is 0.191 e. The van der Waals surface area contributed by atoms with E-state index in [0.717, 1.165) is 50.4 Å². The van der Waals surface area contributed by atoms with Crippen LogP contribution in [0.25, 0.3) is 0 Å². The Morgan fingerprint density at radius 2 is 2.07 bits per heavy atom. The molecule has 1 atom stereocenters. The first-order chi connectivity index (χ1) is 13.2. The molecule has 0 spiro atoms. The van der Waals surface area contributed by atoms with E-state index in [1.165, 1.54) is 36.8 Å². The van der Waals surface area contributed by atoms with Gasteiger partial charge in [-0.15, -0.1) is 24.0 Å². The molecule has 28 heavy (non-hydrogen) atoms. The van der Waals surface area contributed by atoms with E-state index in [0.29, 0.717) is 17.9 Å². The topological polar surface area (TPSA) is 54.9 Å². The number of hydrogen-bond donors (Lipinski definition) is 2. The molecule has 0 bridgehead atoms. The van der Waals surface area contributed by atoms with Gasteiger partial charge in [0.1, 0.15) is 5.75 Å². The quantitative estimate of drug-likeness (QED) is 0.324. The molecule has 156 valence electrons. The smallest absolute Gasteiger partial charge is 0.191 e. The first-order valence-corrected chi connectivity index (χ1v) is 10.4. The third kappa shape index (κ3) is 5.53. The molecule has 4 rings (SSSR count). The molecule has 1 heterocycles. The summed E-state index contributed by atoms with van der Waals surface area (Å²) in [7, 11) is 1.85. The minimum absolute atomic E-state index is 0. The van der Waals surface area contributed by atoms with E-state index in [4.69, 9.17) is 9.47 Å². The fourth-order valence-electron chi connectivity index (χ4n) is 4.11. The Bertz CT molecular complexity index is 680. The van der Waals surface area contributed by atoms with Crippen molar-refractivity contribution in [3.63, 3.8) is 0 Å². The van der Waals surface area contributed by atoms with Gasteiger partial charge in [-0.3, -0.25) is 4.99 Å². The van der Waals surface area contributed by atoms with Gasteiger partial charge in [0, 0.05) is 38.2 Å². The predicted octanol–water partition coefficient (Wildman–Crippen LogP) is 3.88. The highest BCUT2D eigenvalue weighted by atomic mass is 127. The second-order valence-corrected chi connectivity index (χ2v) is 8.57. The zero-order valence-corrected chi connectivity index (χ0v) is 19.5. The van der Waals surface area contributed by atoms with Gasteiger partial charge in [0.2, 0.25) is 0 Å². The minimum atomic E-state index is 0. The fourth-order valence-corrected chi connectivity index (χ4v) is 4.11. The molecule has 2 aliphatic carbocycles. The summed E-state index contributed by atoms with van der Waals surface area (Å²) in [5.74, 6) is 3.33. The van der Waals surface area contributed by atoms with E-state index >= 15 is 0 Å². The van der Waals surface area contributed by atoms with Crippen molar-refractivity contribution >= 4 is 29.9 Å². The number of nitrogens with one attached hydrogen (secondary N) is 2. The van der Waals surface area contributed by atoms with E-state index in [-0.39, 0.29) is 24.0 Å². The summed E-state index contributed by atoms with van der Waals surface area (Å²) in [6, 6.07) is 6.43. The van der Waals surface area contributed by atoms with Crippen LogP contribution in [0.2, 0.25) is 0 Å². The van der Waals surface area contributed by atoms with Gasteiger partial charge in [-0.25, -0.2) is 0 Å². The van der Waals surface area contributed by atoms with E-state index in [2.05, 4.69) is 40.7 Å². The lowest BCUT2D eigenvalue weighted by Gasteiger charge is -2.19. The molecular weight excluding hydrogens is 465 g/mol. The number of halogens is 1. The number of nitrogens with zero attached hydrogens (tertiary/aromatic N) is 1. The van der Waals surface area contributed by atoms with Crippen molar-refractivity contribution in [3.8, 4) is 5.75 Å². The van der Waals surface area contributed by atoms with Crippen molar-refractivity contribution in [2.75, 3.05) is 33.4 Å². The van der Waals surface area contributed by atoms with Crippen LogP contribution in [0, 0.1) is 24.2 Å². The van der Waals surface area contributed by atoms with Crippen molar-refractivity contribution in [1.29, 1.82) is 0 Å². The molecule has 1 unspecified atom stereocenters. The third-order valence-electron chi connectivity index (χ3n) is 6.33. The number of ether oxygens (including phenoxy) is 2. The third-order valence-corrected chi connectivity index (χ3v) is 6.33. The highest BCUT2D eigenvalue weighted by molar-refractivity contribution is 14.0. The molecule has 0 amide bonds. The molecular formula is C22H34IN3O2. The Morgan fingerprint density at radius 3 is 2.71 bits per heavy atom. The van der Waals surface area contributed by atoms with Gasteiger partial charge in [-0.1, -0.05) is 12.1 Å². The molecule has 0 aromatic heterocycles. The van der Waals surface area contributed by atoms with Crippen LogP contribution in [-0.2, 0) is 11.3 Å². The standard InChI is InChI=1S/C22H33N3O2.HI/c1-16-3-4-18(20(11-16)27-14-17-7-10-26-13-17)12-24-21(23-2)25-15-22(8-9-22)19-5-6-19;/h3-4,11,17,19H,5-10,12-15H2,1-2H3,(H2,23,24,25);1H. The van der Waals surface area contributed by atoms with Crippen LogP contribution in [0.4, 0.5) is 0 Å². The van der Waals surface area contributed by atoms with Crippen molar-refractivity contribution in [2.24, 2.45) is 22.2 Å². The van der Waals surface area contributed by atoms with Crippen LogP contribution >= 0.6 is 24.0 Å². The molecule has 1 aromatic rings. The van der Waals surface area contributed by atoms with Gasteiger partial charge >= 0.3 is 0 Å². The Kier molecular flexibility index (Phi) is 7.48. The Labute approximate surface area is 186 Å². The summed E-state index contributed by atoms with van der Waals surface area (Å²) in [6.07, 6.45) is 6.69. The summed E-state index contributed by atoms with van der Waals surface area (Å²) in [5.41, 5.74) is 2.96. The highest BCUT2D eigenvalue weighted by Gasteiger charge is 2.53. The first-order valence-electron chi connectivity index (χ1n) is 10.4. The number of aliphatic imine (C=N–C) groups is 1. The van der Waals surface area contributed by atoms with Crippen LogP contribution in [0.1, 0.15) is 43.2 Å². The molecule has 1 aromatic carbocycles. The van der Waals surface area contributed by atoms with E-state index < -0.39 is 0 Å². The summed E-state index contributed by atoms with van der Waals surface area (Å²) in [6.45, 7) is 6.28. The van der Waals surface area contributed by atoms with Crippen LogP contribution in [0.3, 0.4) is 0 Å². The van der Waals surface area contributed by atoms with Crippen LogP contribution in [-0.4, -0.2) is 39.4 Å². The maximum atomic E-state index is 6.15. The van der Waals surface area contributed by atoms with Crippen molar-refractivity contribution in [3.05, 3.63) is 29.3 Å². The number of guanidine groups is 1. The lowest BCUT2D eigenvalue weighted by Crippen LogP contribution is -2.40. The van der Waals surface area contributed by atoms with E-state index in [1.54, 1.807) is 0 Å². The predicted molar refractivity (Wildman–Crippen MR) is 124 cm³/mol. The molecule has 2 N–H and O–H groups in total. The normalized spacial score (nSPS) is 23.1. The van der Waals surface area contributed by atoms with E-state index in [9.17, 15) is 0 Å². The SMILES string of the molecule is CN=C(NCc1ccc(C)cc1OCC1CCOC1)NCC1(C2CC2)CC1.I. The van der Waals surface area contributed by atoms with Crippen LogP contribution in [0.15, 0.2) is 23.2 Å². The Morgan fingerprint density at radius 1 is 1.25 bits per heavy atom. The summed E-state index contributed by atoms with van der Waals surface area (Å²) in [5, 5.41) is 7.02. The molecule has 1 aliphatic heterocycles. The maximum absolute atomic E-state index is 6.15. The monoisotopic (exact) mass is 499 g/mol. The van der Waals surface area contributed by atoms with Crippen molar-refractivity contribution in [1.82, 2.24) is 10.6 Å². The molecule has 3 fully saturated rings. The fraction of sp³-hybridized carbons (Fsp3) is 0.682. The molecule has 0 radical (unpaired) electrons. The van der Waals surface area contributed by atoms with Crippen LogP contribution < -0.4 is 15.4 Å². The lowest BCUT2D eigenvalue weighted by molar-refractivity contribution is 0.166. The average Bonchev–Trinajstić information content (AvgIpc) is 3.60. The molecule has 3 aliphatic rings. The minimum Gasteiger partial charge on any atom is -0.493 e. The summed E-state index contributed by atoms with van der Waals surface area (Å²) < 4.78 is 11.6. The molecule has 2 saturated carbocycles. The Balaban J connectivity index is 0.00000225. The number of aryl methyl sites for hydroxylation is 1. The van der Waals surface area contributed by atoms with Crippen molar-refractivity contribution in [2.45, 2.75) is 45.6 Å². The van der Waals surface area contributed by atoms with Gasteiger partial charge in [0.25, 0.3) is 0 Å². The molecule has 5 nitrogen and oxygen atoms in total.